The van der Waals surface area contributed by atoms with Gasteiger partial charge in [-0.15, -0.1) is 11.8 Å². The van der Waals surface area contributed by atoms with Gasteiger partial charge < -0.3 is 0 Å². The SMILES string of the molecule is O=S(=O)(O)C1C=CC=CS1. The molecule has 0 aromatic carbocycles. The summed E-state index contributed by atoms with van der Waals surface area (Å²) in [5, 5.41) is 1.62. The number of rotatable bonds is 1. The standard InChI is InChI=1S/C5H6O3S2/c6-10(7,8)5-3-1-2-4-9-5/h1-5H,(H,6,7,8). The lowest BCUT2D eigenvalue weighted by Gasteiger charge is -2.06. The molecule has 0 aliphatic carbocycles. The molecule has 1 unspecified atom stereocenters. The van der Waals surface area contributed by atoms with Gasteiger partial charge in [0, 0.05) is 0 Å². The summed E-state index contributed by atoms with van der Waals surface area (Å²) in [7, 11) is -3.90. The second-order valence-corrected chi connectivity index (χ2v) is 4.62. The van der Waals surface area contributed by atoms with Crippen LogP contribution in [0.15, 0.2) is 23.6 Å². The first-order chi connectivity index (χ1) is 4.61. The molecule has 0 bridgehead atoms. The minimum absolute atomic E-state index is 0.822. The summed E-state index contributed by atoms with van der Waals surface area (Å²) in [5.41, 5.74) is 0. The number of allylic oxidation sites excluding steroid dienone is 2. The van der Waals surface area contributed by atoms with E-state index in [9.17, 15) is 8.42 Å². The number of hydrogen-bond donors (Lipinski definition) is 1. The van der Waals surface area contributed by atoms with Crippen LogP contribution in [-0.4, -0.2) is 17.6 Å². The van der Waals surface area contributed by atoms with Crippen molar-refractivity contribution in [3.05, 3.63) is 23.6 Å². The number of hydrogen-bond acceptors (Lipinski definition) is 3. The van der Waals surface area contributed by atoms with E-state index in [-0.39, 0.29) is 0 Å². The van der Waals surface area contributed by atoms with Gasteiger partial charge in [0.05, 0.1) is 0 Å². The first-order valence-electron chi connectivity index (χ1n) is 2.56. The van der Waals surface area contributed by atoms with Crippen LogP contribution in [-0.2, 0) is 10.1 Å². The first-order valence-corrected chi connectivity index (χ1v) is 5.00. The highest BCUT2D eigenvalue weighted by Gasteiger charge is 2.19. The van der Waals surface area contributed by atoms with Gasteiger partial charge in [-0.3, -0.25) is 4.55 Å². The smallest absolute Gasteiger partial charge is 0.281 e. The van der Waals surface area contributed by atoms with Gasteiger partial charge in [-0.25, -0.2) is 0 Å². The van der Waals surface area contributed by atoms with E-state index in [0.29, 0.717) is 0 Å². The molecule has 0 saturated carbocycles. The lowest BCUT2D eigenvalue weighted by atomic mass is 10.5. The molecular formula is C5H6O3S2. The van der Waals surface area contributed by atoms with Crippen molar-refractivity contribution in [1.82, 2.24) is 0 Å². The number of thioether (sulfide) groups is 1. The van der Waals surface area contributed by atoms with Crippen molar-refractivity contribution in [1.29, 1.82) is 0 Å². The average molecular weight is 178 g/mol. The molecule has 1 heterocycles. The molecule has 0 amide bonds. The van der Waals surface area contributed by atoms with Gasteiger partial charge in [-0.2, -0.15) is 8.42 Å². The summed E-state index contributed by atoms with van der Waals surface area (Å²) in [6.07, 6.45) is 4.74. The molecule has 0 radical (unpaired) electrons. The van der Waals surface area contributed by atoms with Crippen molar-refractivity contribution in [2.75, 3.05) is 0 Å². The van der Waals surface area contributed by atoms with Gasteiger partial charge in [0.15, 0.2) is 4.58 Å². The summed E-state index contributed by atoms with van der Waals surface area (Å²) in [6, 6.07) is 0. The van der Waals surface area contributed by atoms with Crippen LogP contribution < -0.4 is 0 Å². The Balaban J connectivity index is 2.79. The maximum absolute atomic E-state index is 10.4. The third kappa shape index (κ3) is 1.86. The van der Waals surface area contributed by atoms with Crippen molar-refractivity contribution in [3.8, 4) is 0 Å². The Morgan fingerprint density at radius 3 is 2.40 bits per heavy atom. The monoisotopic (exact) mass is 178 g/mol. The summed E-state index contributed by atoms with van der Waals surface area (Å²) < 4.78 is 28.6. The molecule has 10 heavy (non-hydrogen) atoms. The molecule has 1 atom stereocenters. The minimum Gasteiger partial charge on any atom is -0.284 e. The molecular weight excluding hydrogens is 172 g/mol. The van der Waals surface area contributed by atoms with Gasteiger partial charge in [-0.1, -0.05) is 18.2 Å². The van der Waals surface area contributed by atoms with Gasteiger partial charge >= 0.3 is 0 Å². The quantitative estimate of drug-likeness (QED) is 0.609. The highest BCUT2D eigenvalue weighted by Crippen LogP contribution is 2.21. The second kappa shape index (κ2) is 2.77. The van der Waals surface area contributed by atoms with E-state index in [1.165, 1.54) is 6.08 Å². The van der Waals surface area contributed by atoms with Crippen molar-refractivity contribution in [2.24, 2.45) is 0 Å². The molecule has 1 N–H and O–H groups in total. The van der Waals surface area contributed by atoms with Crippen LogP contribution in [0.5, 0.6) is 0 Å². The molecule has 0 aromatic rings. The zero-order valence-electron chi connectivity index (χ0n) is 4.97. The van der Waals surface area contributed by atoms with Crippen molar-refractivity contribution in [3.63, 3.8) is 0 Å². The third-order valence-corrected chi connectivity index (χ3v) is 3.51. The molecule has 0 aromatic heterocycles. The molecule has 3 nitrogen and oxygen atoms in total. The molecule has 5 heteroatoms. The first kappa shape index (κ1) is 7.84. The zero-order valence-corrected chi connectivity index (χ0v) is 6.60. The normalized spacial score (nSPS) is 25.1. The van der Waals surface area contributed by atoms with Crippen LogP contribution in [0.25, 0.3) is 0 Å². The van der Waals surface area contributed by atoms with Gasteiger partial charge in [-0.05, 0) is 5.41 Å². The summed E-state index contributed by atoms with van der Waals surface area (Å²) in [5.74, 6) is 0. The van der Waals surface area contributed by atoms with Crippen molar-refractivity contribution < 1.29 is 13.0 Å². The Kier molecular flexibility index (Phi) is 2.18. The Labute approximate surface area is 63.6 Å². The van der Waals surface area contributed by atoms with Crippen molar-refractivity contribution in [2.45, 2.75) is 4.58 Å². The third-order valence-electron chi connectivity index (χ3n) is 0.964. The van der Waals surface area contributed by atoms with Crippen LogP contribution in [0, 0.1) is 0 Å². The maximum atomic E-state index is 10.4. The Hall–Kier alpha value is -0.260. The average Bonchev–Trinajstić information content (AvgIpc) is 1.88. The molecule has 1 aliphatic rings. The van der Waals surface area contributed by atoms with Gasteiger partial charge in [0.2, 0.25) is 0 Å². The van der Waals surface area contributed by atoms with Crippen LogP contribution in [0.3, 0.4) is 0 Å². The summed E-state index contributed by atoms with van der Waals surface area (Å²) >= 11 is 1.06. The Bertz CT molecular complexity index is 263. The van der Waals surface area contributed by atoms with Gasteiger partial charge in [0.1, 0.15) is 0 Å². The molecule has 56 valence electrons. The van der Waals surface area contributed by atoms with Gasteiger partial charge in [0.25, 0.3) is 10.1 Å². The fourth-order valence-electron chi connectivity index (χ4n) is 0.538. The molecule has 1 rings (SSSR count). The van der Waals surface area contributed by atoms with E-state index in [1.807, 2.05) is 0 Å². The fraction of sp³-hybridized carbons (Fsp3) is 0.200. The fourth-order valence-corrected chi connectivity index (χ4v) is 2.10. The Morgan fingerprint density at radius 1 is 1.40 bits per heavy atom. The second-order valence-electron chi connectivity index (χ2n) is 1.73. The highest BCUT2D eigenvalue weighted by molar-refractivity contribution is 8.13. The van der Waals surface area contributed by atoms with E-state index >= 15 is 0 Å². The van der Waals surface area contributed by atoms with Crippen LogP contribution in [0.2, 0.25) is 0 Å². The predicted octanol–water partition coefficient (Wildman–Crippen LogP) is 1.02. The van der Waals surface area contributed by atoms with Crippen LogP contribution in [0.4, 0.5) is 0 Å². The van der Waals surface area contributed by atoms with E-state index in [0.717, 1.165) is 11.8 Å². The lowest BCUT2D eigenvalue weighted by Crippen LogP contribution is -2.13. The molecule has 1 aliphatic heterocycles. The molecule has 0 saturated heterocycles. The highest BCUT2D eigenvalue weighted by atomic mass is 32.3. The van der Waals surface area contributed by atoms with Crippen LogP contribution in [0.1, 0.15) is 0 Å². The molecule has 0 spiro atoms. The maximum Gasteiger partial charge on any atom is 0.281 e. The van der Waals surface area contributed by atoms with E-state index in [2.05, 4.69) is 0 Å². The Morgan fingerprint density at radius 2 is 2.10 bits per heavy atom. The van der Waals surface area contributed by atoms with E-state index in [4.69, 9.17) is 4.55 Å². The lowest BCUT2D eigenvalue weighted by molar-refractivity contribution is 0.484. The zero-order chi connectivity index (χ0) is 7.61. The molecule has 0 fully saturated rings. The minimum atomic E-state index is -3.90. The van der Waals surface area contributed by atoms with Crippen molar-refractivity contribution >= 4 is 21.9 Å². The largest absolute Gasteiger partial charge is 0.284 e. The van der Waals surface area contributed by atoms with Crippen LogP contribution >= 0.6 is 11.8 Å². The summed E-state index contributed by atoms with van der Waals surface area (Å²) in [6.45, 7) is 0. The van der Waals surface area contributed by atoms with E-state index < -0.39 is 14.7 Å². The topological polar surface area (TPSA) is 54.4 Å². The predicted molar refractivity (Wildman–Crippen MR) is 41.2 cm³/mol. The van der Waals surface area contributed by atoms with E-state index in [1.54, 1.807) is 17.6 Å². The summed E-state index contributed by atoms with van der Waals surface area (Å²) in [4.78, 5) is 0.